The molecule has 0 bridgehead atoms. The van der Waals surface area contributed by atoms with Crippen molar-refractivity contribution in [2.75, 3.05) is 13.2 Å². The normalized spacial score (nSPS) is 10.8. The van der Waals surface area contributed by atoms with Crippen molar-refractivity contribution in [1.29, 1.82) is 0 Å². The summed E-state index contributed by atoms with van der Waals surface area (Å²) in [6, 6.07) is 7.94. The topological polar surface area (TPSA) is 26.3 Å². The SMILES string of the molecule is CCOCCC(=O)c1cccc(CC(C)C)c1. The van der Waals surface area contributed by atoms with E-state index in [-0.39, 0.29) is 5.78 Å². The van der Waals surface area contributed by atoms with Gasteiger partial charge in [-0.1, -0.05) is 32.0 Å². The third-order valence-electron chi connectivity index (χ3n) is 2.57. The second-order valence-electron chi connectivity index (χ2n) is 4.67. The Morgan fingerprint density at radius 1 is 1.35 bits per heavy atom. The first-order chi connectivity index (χ1) is 8.13. The largest absolute Gasteiger partial charge is 0.381 e. The van der Waals surface area contributed by atoms with Crippen molar-refractivity contribution in [1.82, 2.24) is 0 Å². The number of benzene rings is 1. The van der Waals surface area contributed by atoms with Crippen LogP contribution in [0.15, 0.2) is 24.3 Å². The first-order valence-corrected chi connectivity index (χ1v) is 6.33. The molecule has 0 aromatic heterocycles. The lowest BCUT2D eigenvalue weighted by Crippen LogP contribution is -2.05. The molecule has 2 nitrogen and oxygen atoms in total. The quantitative estimate of drug-likeness (QED) is 0.533. The van der Waals surface area contributed by atoms with Gasteiger partial charge in [0.1, 0.15) is 0 Å². The van der Waals surface area contributed by atoms with Crippen LogP contribution in [0, 0.1) is 5.92 Å². The Balaban J connectivity index is 2.60. The maximum atomic E-state index is 11.9. The maximum absolute atomic E-state index is 11.9. The molecule has 1 aromatic carbocycles. The minimum absolute atomic E-state index is 0.170. The van der Waals surface area contributed by atoms with E-state index in [1.54, 1.807) is 0 Å². The molecule has 0 heterocycles. The lowest BCUT2D eigenvalue weighted by molar-refractivity contribution is 0.0895. The van der Waals surface area contributed by atoms with Crippen LogP contribution < -0.4 is 0 Å². The van der Waals surface area contributed by atoms with Crippen molar-refractivity contribution in [3.8, 4) is 0 Å². The summed E-state index contributed by atoms with van der Waals surface area (Å²) < 4.78 is 5.20. The van der Waals surface area contributed by atoms with Crippen LogP contribution in [-0.2, 0) is 11.2 Å². The molecule has 0 unspecified atom stereocenters. The van der Waals surface area contributed by atoms with Crippen LogP contribution in [-0.4, -0.2) is 19.0 Å². The lowest BCUT2D eigenvalue weighted by atomic mass is 9.99. The zero-order valence-corrected chi connectivity index (χ0v) is 11.0. The van der Waals surface area contributed by atoms with Crippen molar-refractivity contribution < 1.29 is 9.53 Å². The minimum atomic E-state index is 0.170. The lowest BCUT2D eigenvalue weighted by Gasteiger charge is -2.07. The van der Waals surface area contributed by atoms with Gasteiger partial charge >= 0.3 is 0 Å². The van der Waals surface area contributed by atoms with E-state index in [2.05, 4.69) is 19.9 Å². The summed E-state index contributed by atoms with van der Waals surface area (Å²) >= 11 is 0. The molecular formula is C15H22O2. The molecule has 0 atom stereocenters. The standard InChI is InChI=1S/C15H22O2/c1-4-17-9-8-15(16)14-7-5-6-13(11-14)10-12(2)3/h5-7,11-12H,4,8-10H2,1-3H3. The van der Waals surface area contributed by atoms with Gasteiger partial charge in [-0.2, -0.15) is 0 Å². The summed E-state index contributed by atoms with van der Waals surface area (Å²) in [6.07, 6.45) is 1.49. The highest BCUT2D eigenvalue weighted by Gasteiger charge is 2.07. The second kappa shape index (κ2) is 7.23. The molecule has 1 rings (SSSR count). The molecule has 0 aliphatic heterocycles. The zero-order chi connectivity index (χ0) is 12.7. The molecule has 0 spiro atoms. The first kappa shape index (κ1) is 13.9. The van der Waals surface area contributed by atoms with E-state index < -0.39 is 0 Å². The molecule has 0 N–H and O–H groups in total. The molecule has 0 fully saturated rings. The van der Waals surface area contributed by atoms with Crippen LogP contribution in [0.25, 0.3) is 0 Å². The van der Waals surface area contributed by atoms with Gasteiger partial charge in [0.05, 0.1) is 6.61 Å². The Hall–Kier alpha value is -1.15. The van der Waals surface area contributed by atoms with Gasteiger partial charge in [-0.15, -0.1) is 0 Å². The summed E-state index contributed by atoms with van der Waals surface area (Å²) in [6.45, 7) is 7.49. The highest BCUT2D eigenvalue weighted by Crippen LogP contribution is 2.12. The van der Waals surface area contributed by atoms with Gasteiger partial charge < -0.3 is 4.74 Å². The first-order valence-electron chi connectivity index (χ1n) is 6.33. The van der Waals surface area contributed by atoms with Gasteiger partial charge in [0, 0.05) is 18.6 Å². The number of hydrogen-bond donors (Lipinski definition) is 0. The third kappa shape index (κ3) is 5.14. The Labute approximate surface area is 104 Å². The van der Waals surface area contributed by atoms with Crippen molar-refractivity contribution in [2.45, 2.75) is 33.6 Å². The number of Topliss-reactive ketones (excluding diaryl/α,β-unsaturated/α-hetero) is 1. The summed E-state index contributed by atoms with van der Waals surface area (Å²) in [7, 11) is 0. The van der Waals surface area contributed by atoms with Gasteiger partial charge in [0.15, 0.2) is 5.78 Å². The molecule has 2 heteroatoms. The van der Waals surface area contributed by atoms with Crippen LogP contribution in [0.4, 0.5) is 0 Å². The molecule has 0 saturated carbocycles. The molecule has 0 saturated heterocycles. The second-order valence-corrected chi connectivity index (χ2v) is 4.67. The van der Waals surface area contributed by atoms with E-state index in [0.29, 0.717) is 25.6 Å². The number of hydrogen-bond acceptors (Lipinski definition) is 2. The van der Waals surface area contributed by atoms with E-state index in [1.165, 1.54) is 5.56 Å². The molecular weight excluding hydrogens is 212 g/mol. The van der Waals surface area contributed by atoms with E-state index in [4.69, 9.17) is 4.74 Å². The Morgan fingerprint density at radius 2 is 2.12 bits per heavy atom. The van der Waals surface area contributed by atoms with Crippen LogP contribution in [0.1, 0.15) is 43.1 Å². The fourth-order valence-electron chi connectivity index (χ4n) is 1.80. The average Bonchev–Trinajstić information content (AvgIpc) is 2.28. The van der Waals surface area contributed by atoms with Gasteiger partial charge in [-0.3, -0.25) is 4.79 Å². The maximum Gasteiger partial charge on any atom is 0.165 e. The minimum Gasteiger partial charge on any atom is -0.381 e. The fraction of sp³-hybridized carbons (Fsp3) is 0.533. The van der Waals surface area contributed by atoms with Crippen LogP contribution in [0.3, 0.4) is 0 Å². The van der Waals surface area contributed by atoms with Gasteiger partial charge in [-0.25, -0.2) is 0 Å². The van der Waals surface area contributed by atoms with E-state index in [1.807, 2.05) is 25.1 Å². The van der Waals surface area contributed by atoms with Crippen molar-refractivity contribution >= 4 is 5.78 Å². The Kier molecular flexibility index (Phi) is 5.92. The molecule has 0 aliphatic carbocycles. The molecule has 17 heavy (non-hydrogen) atoms. The summed E-state index contributed by atoms with van der Waals surface area (Å²) in [5.41, 5.74) is 2.05. The van der Waals surface area contributed by atoms with Crippen molar-refractivity contribution in [3.05, 3.63) is 35.4 Å². The van der Waals surface area contributed by atoms with Crippen LogP contribution >= 0.6 is 0 Å². The van der Waals surface area contributed by atoms with Crippen LogP contribution in [0.2, 0.25) is 0 Å². The number of carbonyl (C=O) groups excluding carboxylic acids is 1. The van der Waals surface area contributed by atoms with E-state index >= 15 is 0 Å². The number of carbonyl (C=O) groups is 1. The molecule has 94 valence electrons. The highest BCUT2D eigenvalue weighted by atomic mass is 16.5. The van der Waals surface area contributed by atoms with Crippen molar-refractivity contribution in [3.63, 3.8) is 0 Å². The van der Waals surface area contributed by atoms with Crippen molar-refractivity contribution in [2.24, 2.45) is 5.92 Å². The van der Waals surface area contributed by atoms with E-state index in [0.717, 1.165) is 12.0 Å². The third-order valence-corrected chi connectivity index (χ3v) is 2.57. The van der Waals surface area contributed by atoms with Gasteiger partial charge in [0.2, 0.25) is 0 Å². The zero-order valence-electron chi connectivity index (χ0n) is 11.0. The molecule has 1 aromatic rings. The number of ether oxygens (including phenoxy) is 1. The molecule has 0 aliphatic rings. The predicted molar refractivity (Wildman–Crippen MR) is 70.4 cm³/mol. The number of rotatable bonds is 7. The summed E-state index contributed by atoms with van der Waals surface area (Å²) in [5, 5.41) is 0. The molecule has 0 radical (unpaired) electrons. The van der Waals surface area contributed by atoms with Gasteiger partial charge in [0.25, 0.3) is 0 Å². The predicted octanol–water partition coefficient (Wildman–Crippen LogP) is 3.49. The number of ketones is 1. The average molecular weight is 234 g/mol. The Morgan fingerprint density at radius 3 is 2.76 bits per heavy atom. The summed E-state index contributed by atoms with van der Waals surface area (Å²) in [5.74, 6) is 0.785. The highest BCUT2D eigenvalue weighted by molar-refractivity contribution is 5.96. The summed E-state index contributed by atoms with van der Waals surface area (Å²) in [4.78, 5) is 11.9. The van der Waals surface area contributed by atoms with Crippen LogP contribution in [0.5, 0.6) is 0 Å². The molecule has 0 amide bonds. The fourth-order valence-corrected chi connectivity index (χ4v) is 1.80. The Bertz CT molecular complexity index is 356. The van der Waals surface area contributed by atoms with E-state index in [9.17, 15) is 4.79 Å². The van der Waals surface area contributed by atoms with Gasteiger partial charge in [-0.05, 0) is 30.9 Å². The monoisotopic (exact) mass is 234 g/mol. The smallest absolute Gasteiger partial charge is 0.165 e.